The second-order valence-corrected chi connectivity index (χ2v) is 4.22. The van der Waals surface area contributed by atoms with Crippen molar-refractivity contribution in [3.05, 3.63) is 47.3 Å². The second kappa shape index (κ2) is 4.05. The molecular weight excluding hydrogens is 196 g/mol. The lowest BCUT2D eigenvalue weighted by Gasteiger charge is -2.13. The van der Waals surface area contributed by atoms with Crippen LogP contribution < -0.4 is 5.73 Å². The number of rotatable bonds is 2. The third kappa shape index (κ3) is 1.71. The minimum absolute atomic E-state index is 0.842. The highest BCUT2D eigenvalue weighted by Gasteiger charge is 2.08. The highest BCUT2D eigenvalue weighted by atomic mass is 15.0. The maximum absolute atomic E-state index is 6.08. The van der Waals surface area contributed by atoms with E-state index in [-0.39, 0.29) is 0 Å². The van der Waals surface area contributed by atoms with Crippen LogP contribution in [-0.4, -0.2) is 4.57 Å². The maximum Gasteiger partial charge on any atom is 0.0685 e. The molecule has 2 rings (SSSR count). The van der Waals surface area contributed by atoms with Gasteiger partial charge in [0.05, 0.1) is 11.4 Å². The Bertz CT molecular complexity index is 509. The van der Waals surface area contributed by atoms with Gasteiger partial charge < -0.3 is 10.3 Å². The molecule has 0 radical (unpaired) electrons. The van der Waals surface area contributed by atoms with Gasteiger partial charge in [-0.15, -0.1) is 0 Å². The first-order valence-corrected chi connectivity index (χ1v) is 5.67. The van der Waals surface area contributed by atoms with Gasteiger partial charge in [0.15, 0.2) is 0 Å². The van der Waals surface area contributed by atoms with Gasteiger partial charge in [-0.05, 0) is 50.1 Å². The van der Waals surface area contributed by atoms with Gasteiger partial charge in [0.2, 0.25) is 0 Å². The van der Waals surface area contributed by atoms with Gasteiger partial charge in [0.25, 0.3) is 0 Å². The van der Waals surface area contributed by atoms with Gasteiger partial charge in [-0.3, -0.25) is 0 Å². The minimum Gasteiger partial charge on any atom is -0.397 e. The van der Waals surface area contributed by atoms with Gasteiger partial charge in [-0.1, -0.05) is 13.0 Å². The van der Waals surface area contributed by atoms with Crippen molar-refractivity contribution in [2.24, 2.45) is 0 Å². The van der Waals surface area contributed by atoms with Crippen molar-refractivity contribution in [3.63, 3.8) is 0 Å². The highest BCUT2D eigenvalue weighted by molar-refractivity contribution is 5.60. The molecule has 0 saturated heterocycles. The van der Waals surface area contributed by atoms with Crippen molar-refractivity contribution in [1.29, 1.82) is 0 Å². The van der Waals surface area contributed by atoms with Crippen molar-refractivity contribution in [1.82, 2.24) is 4.57 Å². The Hall–Kier alpha value is -1.70. The molecule has 0 unspecified atom stereocenters. The third-order valence-corrected chi connectivity index (χ3v) is 2.94. The Morgan fingerprint density at radius 1 is 1.12 bits per heavy atom. The molecule has 1 aromatic heterocycles. The first kappa shape index (κ1) is 10.8. The molecule has 0 aliphatic rings. The summed E-state index contributed by atoms with van der Waals surface area (Å²) in [4.78, 5) is 0. The zero-order valence-electron chi connectivity index (χ0n) is 10.1. The molecule has 1 heterocycles. The summed E-state index contributed by atoms with van der Waals surface area (Å²) < 4.78 is 2.23. The van der Waals surface area contributed by atoms with Gasteiger partial charge in [0, 0.05) is 11.4 Å². The van der Waals surface area contributed by atoms with E-state index in [0.29, 0.717) is 0 Å². The van der Waals surface area contributed by atoms with Crippen LogP contribution in [0.25, 0.3) is 5.69 Å². The molecule has 16 heavy (non-hydrogen) atoms. The van der Waals surface area contributed by atoms with Crippen LogP contribution in [-0.2, 0) is 6.42 Å². The normalized spacial score (nSPS) is 10.7. The standard InChI is InChI=1S/C14H18N2/c1-4-12-7-6-11(3)16(12)14-8-5-10(2)9-13(14)15/h5-9H,4,15H2,1-3H3. The zero-order valence-corrected chi connectivity index (χ0v) is 10.1. The number of anilines is 1. The SMILES string of the molecule is CCc1ccc(C)n1-c1ccc(C)cc1N. The van der Waals surface area contributed by atoms with E-state index in [1.807, 2.05) is 6.07 Å². The summed E-state index contributed by atoms with van der Waals surface area (Å²) >= 11 is 0. The van der Waals surface area contributed by atoms with Gasteiger partial charge in [-0.2, -0.15) is 0 Å². The van der Waals surface area contributed by atoms with E-state index in [0.717, 1.165) is 17.8 Å². The van der Waals surface area contributed by atoms with Crippen LogP contribution in [0.2, 0.25) is 0 Å². The molecule has 0 aliphatic carbocycles. The summed E-state index contributed by atoms with van der Waals surface area (Å²) in [6.45, 7) is 6.33. The average Bonchev–Trinajstić information content (AvgIpc) is 2.60. The number of nitrogens with two attached hydrogens (primary N) is 1. The average molecular weight is 214 g/mol. The van der Waals surface area contributed by atoms with Crippen molar-refractivity contribution in [2.45, 2.75) is 27.2 Å². The molecule has 1 aromatic carbocycles. The molecule has 0 spiro atoms. The Morgan fingerprint density at radius 2 is 1.88 bits per heavy atom. The van der Waals surface area contributed by atoms with E-state index in [1.54, 1.807) is 0 Å². The molecule has 0 saturated carbocycles. The van der Waals surface area contributed by atoms with Crippen molar-refractivity contribution in [2.75, 3.05) is 5.73 Å². The summed E-state index contributed by atoms with van der Waals surface area (Å²) in [5.41, 5.74) is 11.7. The van der Waals surface area contributed by atoms with E-state index in [4.69, 9.17) is 5.73 Å². The molecule has 2 aromatic rings. The van der Waals surface area contributed by atoms with Crippen molar-refractivity contribution in [3.8, 4) is 5.69 Å². The summed E-state index contributed by atoms with van der Waals surface area (Å²) in [5, 5.41) is 0. The fourth-order valence-electron chi connectivity index (χ4n) is 2.09. The lowest BCUT2D eigenvalue weighted by atomic mass is 10.2. The Kier molecular flexibility index (Phi) is 2.73. The first-order valence-electron chi connectivity index (χ1n) is 5.67. The number of aryl methyl sites for hydroxylation is 3. The number of benzene rings is 1. The lowest BCUT2D eigenvalue weighted by molar-refractivity contribution is 0.908. The highest BCUT2D eigenvalue weighted by Crippen LogP contribution is 2.23. The van der Waals surface area contributed by atoms with Crippen LogP contribution in [0.15, 0.2) is 30.3 Å². The first-order chi connectivity index (χ1) is 7.63. The van der Waals surface area contributed by atoms with E-state index in [9.17, 15) is 0 Å². The minimum atomic E-state index is 0.842. The summed E-state index contributed by atoms with van der Waals surface area (Å²) in [5.74, 6) is 0. The van der Waals surface area contributed by atoms with Crippen LogP contribution in [0, 0.1) is 13.8 Å². The molecule has 0 bridgehead atoms. The summed E-state index contributed by atoms with van der Waals surface area (Å²) in [7, 11) is 0. The number of nitrogen functional groups attached to an aromatic ring is 1. The van der Waals surface area contributed by atoms with Gasteiger partial charge in [0.1, 0.15) is 0 Å². The largest absolute Gasteiger partial charge is 0.397 e. The molecule has 0 amide bonds. The van der Waals surface area contributed by atoms with E-state index in [1.165, 1.54) is 17.0 Å². The van der Waals surface area contributed by atoms with Crippen LogP contribution in [0.4, 0.5) is 5.69 Å². The van der Waals surface area contributed by atoms with Crippen LogP contribution >= 0.6 is 0 Å². The number of hydrogen-bond donors (Lipinski definition) is 1. The number of nitrogens with zero attached hydrogens (tertiary/aromatic N) is 1. The van der Waals surface area contributed by atoms with Crippen LogP contribution in [0.3, 0.4) is 0 Å². The van der Waals surface area contributed by atoms with Crippen LogP contribution in [0.1, 0.15) is 23.9 Å². The molecular formula is C14H18N2. The lowest BCUT2D eigenvalue weighted by Crippen LogP contribution is -2.04. The maximum atomic E-state index is 6.08. The Labute approximate surface area is 96.7 Å². The topological polar surface area (TPSA) is 30.9 Å². The molecule has 0 aliphatic heterocycles. The molecule has 2 heteroatoms. The van der Waals surface area contributed by atoms with Crippen molar-refractivity contribution < 1.29 is 0 Å². The molecule has 2 N–H and O–H groups in total. The number of aromatic nitrogens is 1. The smallest absolute Gasteiger partial charge is 0.0685 e. The van der Waals surface area contributed by atoms with Crippen molar-refractivity contribution >= 4 is 5.69 Å². The van der Waals surface area contributed by atoms with Gasteiger partial charge >= 0.3 is 0 Å². The molecule has 2 nitrogen and oxygen atoms in total. The zero-order chi connectivity index (χ0) is 11.7. The van der Waals surface area contributed by atoms with Gasteiger partial charge in [-0.25, -0.2) is 0 Å². The molecule has 0 fully saturated rings. The predicted molar refractivity (Wildman–Crippen MR) is 69.0 cm³/mol. The fraction of sp³-hybridized carbons (Fsp3) is 0.286. The Morgan fingerprint density at radius 3 is 2.50 bits per heavy atom. The fourth-order valence-corrected chi connectivity index (χ4v) is 2.09. The second-order valence-electron chi connectivity index (χ2n) is 4.22. The molecule has 84 valence electrons. The van der Waals surface area contributed by atoms with E-state index in [2.05, 4.69) is 49.6 Å². The van der Waals surface area contributed by atoms with E-state index >= 15 is 0 Å². The van der Waals surface area contributed by atoms with Crippen LogP contribution in [0.5, 0.6) is 0 Å². The number of hydrogen-bond acceptors (Lipinski definition) is 1. The monoisotopic (exact) mass is 214 g/mol. The summed E-state index contributed by atoms with van der Waals surface area (Å²) in [6, 6.07) is 10.5. The summed E-state index contributed by atoms with van der Waals surface area (Å²) in [6.07, 6.45) is 1.02. The Balaban J connectivity index is 2.62. The van der Waals surface area contributed by atoms with E-state index < -0.39 is 0 Å². The quantitative estimate of drug-likeness (QED) is 0.764. The predicted octanol–water partition coefficient (Wildman–Crippen LogP) is 3.24. The molecule has 0 atom stereocenters. The third-order valence-electron chi connectivity index (χ3n) is 2.94.